The Bertz CT molecular complexity index is 751. The number of hydrogen-bond acceptors (Lipinski definition) is 4. The molecule has 0 aliphatic heterocycles. The van der Waals surface area contributed by atoms with Crippen LogP contribution in [-0.2, 0) is 9.53 Å². The van der Waals surface area contributed by atoms with E-state index in [0.29, 0.717) is 10.8 Å². The number of carbonyl (C=O) groups excluding carboxylic acids is 2. The maximum atomic E-state index is 12.0. The molecule has 126 valence electrons. The van der Waals surface area contributed by atoms with E-state index in [2.05, 4.69) is 0 Å². The van der Waals surface area contributed by atoms with E-state index in [1.807, 2.05) is 32.0 Å². The van der Waals surface area contributed by atoms with E-state index < -0.39 is 18.4 Å². The second kappa shape index (κ2) is 8.18. The zero-order valence-electron chi connectivity index (χ0n) is 13.3. The molecular weight excluding hydrogens is 351 g/mol. The predicted molar refractivity (Wildman–Crippen MR) is 93.2 cm³/mol. The van der Waals surface area contributed by atoms with Crippen LogP contribution in [0.3, 0.4) is 0 Å². The van der Waals surface area contributed by atoms with Crippen molar-refractivity contribution in [1.82, 2.24) is 0 Å². The van der Waals surface area contributed by atoms with Crippen molar-refractivity contribution in [3.63, 3.8) is 0 Å². The molecule has 0 heterocycles. The molecule has 0 amide bonds. The standard InChI is InChI=1S/C18H16Cl2O4/c1-11-5-12(2)7-14(6-11)23-10-18(22)24-9-17(21)15-4-3-13(19)8-16(15)20/h3-8H,9-10H2,1-2H3. The highest BCUT2D eigenvalue weighted by atomic mass is 35.5. The molecule has 0 saturated heterocycles. The zero-order chi connectivity index (χ0) is 17.7. The van der Waals surface area contributed by atoms with Gasteiger partial charge in [-0.05, 0) is 55.3 Å². The fourth-order valence-electron chi connectivity index (χ4n) is 2.14. The molecule has 4 nitrogen and oxygen atoms in total. The number of ether oxygens (including phenoxy) is 2. The molecule has 2 rings (SSSR count). The van der Waals surface area contributed by atoms with Crippen molar-refractivity contribution in [2.75, 3.05) is 13.2 Å². The molecule has 24 heavy (non-hydrogen) atoms. The van der Waals surface area contributed by atoms with Crippen LogP contribution in [0.2, 0.25) is 10.0 Å². The third-order valence-electron chi connectivity index (χ3n) is 3.15. The minimum atomic E-state index is -0.632. The van der Waals surface area contributed by atoms with E-state index in [1.54, 1.807) is 6.07 Å². The van der Waals surface area contributed by atoms with Gasteiger partial charge in [-0.3, -0.25) is 4.79 Å². The fraction of sp³-hybridized carbons (Fsp3) is 0.222. The molecule has 6 heteroatoms. The number of ketones is 1. The molecule has 0 spiro atoms. The van der Waals surface area contributed by atoms with Crippen LogP contribution in [-0.4, -0.2) is 25.0 Å². The second-order valence-corrected chi connectivity index (χ2v) is 6.16. The van der Waals surface area contributed by atoms with Gasteiger partial charge in [-0.25, -0.2) is 4.79 Å². The molecule has 0 fully saturated rings. The van der Waals surface area contributed by atoms with Crippen LogP contribution in [0.1, 0.15) is 21.5 Å². The Morgan fingerprint density at radius 3 is 2.25 bits per heavy atom. The number of Topliss-reactive ketones (excluding diaryl/α,β-unsaturated/α-hetero) is 1. The highest BCUT2D eigenvalue weighted by Crippen LogP contribution is 2.21. The van der Waals surface area contributed by atoms with Crippen LogP contribution in [0.15, 0.2) is 36.4 Å². The van der Waals surface area contributed by atoms with E-state index in [0.717, 1.165) is 11.1 Å². The quantitative estimate of drug-likeness (QED) is 0.560. The van der Waals surface area contributed by atoms with E-state index >= 15 is 0 Å². The summed E-state index contributed by atoms with van der Waals surface area (Å²) in [6.45, 7) is 3.19. The number of halogens is 2. The topological polar surface area (TPSA) is 52.6 Å². The Hall–Kier alpha value is -2.04. The summed E-state index contributed by atoms with van der Waals surface area (Å²) in [7, 11) is 0. The van der Waals surface area contributed by atoms with E-state index in [-0.39, 0.29) is 17.2 Å². The average molecular weight is 367 g/mol. The first-order valence-electron chi connectivity index (χ1n) is 7.20. The summed E-state index contributed by atoms with van der Waals surface area (Å²) in [5, 5.41) is 0.644. The van der Waals surface area contributed by atoms with Gasteiger partial charge in [0.05, 0.1) is 5.02 Å². The van der Waals surface area contributed by atoms with Gasteiger partial charge in [-0.15, -0.1) is 0 Å². The lowest BCUT2D eigenvalue weighted by Crippen LogP contribution is -2.19. The summed E-state index contributed by atoms with van der Waals surface area (Å²) >= 11 is 11.7. The number of esters is 1. The maximum Gasteiger partial charge on any atom is 0.344 e. The lowest BCUT2D eigenvalue weighted by Gasteiger charge is -2.09. The summed E-state index contributed by atoms with van der Waals surface area (Å²) < 4.78 is 10.3. The number of carbonyl (C=O) groups is 2. The van der Waals surface area contributed by atoms with Gasteiger partial charge in [0.1, 0.15) is 5.75 Å². The Morgan fingerprint density at radius 2 is 1.62 bits per heavy atom. The SMILES string of the molecule is Cc1cc(C)cc(OCC(=O)OCC(=O)c2ccc(Cl)cc2Cl)c1. The molecule has 2 aromatic carbocycles. The van der Waals surface area contributed by atoms with Crippen molar-refractivity contribution in [3.05, 3.63) is 63.1 Å². The molecule has 0 aliphatic carbocycles. The van der Waals surface area contributed by atoms with Crippen LogP contribution in [0.5, 0.6) is 5.75 Å². The summed E-state index contributed by atoms with van der Waals surface area (Å²) in [4.78, 5) is 23.7. The monoisotopic (exact) mass is 366 g/mol. The minimum absolute atomic E-state index is 0.218. The Balaban J connectivity index is 1.85. The summed E-state index contributed by atoms with van der Waals surface area (Å²) in [5.74, 6) is -0.458. The third kappa shape index (κ3) is 5.25. The Morgan fingerprint density at radius 1 is 0.958 bits per heavy atom. The summed E-state index contributed by atoms with van der Waals surface area (Å²) in [5.41, 5.74) is 2.32. The van der Waals surface area contributed by atoms with Crippen LogP contribution in [0, 0.1) is 13.8 Å². The molecule has 2 aromatic rings. The van der Waals surface area contributed by atoms with Gasteiger partial charge >= 0.3 is 5.97 Å². The largest absolute Gasteiger partial charge is 0.482 e. The molecule has 0 saturated carbocycles. The van der Waals surface area contributed by atoms with Crippen molar-refractivity contribution in [2.45, 2.75) is 13.8 Å². The average Bonchev–Trinajstić information content (AvgIpc) is 2.49. The first kappa shape index (κ1) is 18.3. The van der Waals surface area contributed by atoms with Gasteiger partial charge in [0.15, 0.2) is 13.2 Å². The molecule has 0 atom stereocenters. The van der Waals surface area contributed by atoms with Gasteiger partial charge in [-0.2, -0.15) is 0 Å². The number of benzene rings is 2. The highest BCUT2D eigenvalue weighted by molar-refractivity contribution is 6.36. The van der Waals surface area contributed by atoms with E-state index in [1.165, 1.54) is 12.1 Å². The first-order chi connectivity index (χ1) is 11.3. The molecule has 0 radical (unpaired) electrons. The van der Waals surface area contributed by atoms with Crippen molar-refractivity contribution >= 4 is 35.0 Å². The lowest BCUT2D eigenvalue weighted by atomic mass is 10.1. The first-order valence-corrected chi connectivity index (χ1v) is 7.95. The lowest BCUT2D eigenvalue weighted by molar-refractivity contribution is -0.144. The summed E-state index contributed by atoms with van der Waals surface area (Å²) in [6, 6.07) is 10.1. The van der Waals surface area contributed by atoms with Gasteiger partial charge in [-0.1, -0.05) is 29.3 Å². The number of aryl methyl sites for hydroxylation is 2. The van der Waals surface area contributed by atoms with Crippen molar-refractivity contribution in [3.8, 4) is 5.75 Å². The Labute approximate surface area is 150 Å². The number of rotatable bonds is 6. The fourth-order valence-corrected chi connectivity index (χ4v) is 2.65. The van der Waals surface area contributed by atoms with Gasteiger partial charge in [0.2, 0.25) is 5.78 Å². The van der Waals surface area contributed by atoms with E-state index in [9.17, 15) is 9.59 Å². The van der Waals surface area contributed by atoms with Gasteiger partial charge in [0.25, 0.3) is 0 Å². The highest BCUT2D eigenvalue weighted by Gasteiger charge is 2.14. The Kier molecular flexibility index (Phi) is 6.23. The molecule has 0 unspecified atom stereocenters. The van der Waals surface area contributed by atoms with Crippen molar-refractivity contribution < 1.29 is 19.1 Å². The second-order valence-electron chi connectivity index (χ2n) is 5.32. The van der Waals surface area contributed by atoms with Crippen LogP contribution >= 0.6 is 23.2 Å². The normalized spacial score (nSPS) is 10.3. The zero-order valence-corrected chi connectivity index (χ0v) is 14.8. The molecule has 0 aromatic heterocycles. The number of hydrogen-bond donors (Lipinski definition) is 0. The molecule has 0 bridgehead atoms. The third-order valence-corrected chi connectivity index (χ3v) is 3.70. The van der Waals surface area contributed by atoms with E-state index in [4.69, 9.17) is 32.7 Å². The predicted octanol–water partition coefficient (Wildman–Crippen LogP) is 4.42. The van der Waals surface area contributed by atoms with Crippen molar-refractivity contribution in [1.29, 1.82) is 0 Å². The maximum absolute atomic E-state index is 12.0. The van der Waals surface area contributed by atoms with Crippen LogP contribution in [0.4, 0.5) is 0 Å². The molecule has 0 aliphatic rings. The molecule has 0 N–H and O–H groups in total. The van der Waals surface area contributed by atoms with Crippen molar-refractivity contribution in [2.24, 2.45) is 0 Å². The van der Waals surface area contributed by atoms with Crippen LogP contribution < -0.4 is 4.74 Å². The van der Waals surface area contributed by atoms with Crippen LogP contribution in [0.25, 0.3) is 0 Å². The molecular formula is C18H16Cl2O4. The smallest absolute Gasteiger partial charge is 0.344 e. The van der Waals surface area contributed by atoms with Gasteiger partial charge in [0, 0.05) is 10.6 Å². The summed E-state index contributed by atoms with van der Waals surface area (Å²) in [6.07, 6.45) is 0. The minimum Gasteiger partial charge on any atom is -0.482 e. The van der Waals surface area contributed by atoms with Gasteiger partial charge < -0.3 is 9.47 Å².